The first-order chi connectivity index (χ1) is 12.9. The Kier molecular flexibility index (Phi) is 5.53. The molecule has 0 bridgehead atoms. The van der Waals surface area contributed by atoms with E-state index >= 15 is 0 Å². The van der Waals surface area contributed by atoms with Gasteiger partial charge in [-0.05, 0) is 0 Å². The first kappa shape index (κ1) is 19.4. The summed E-state index contributed by atoms with van der Waals surface area (Å²) in [5, 5.41) is 22.1. The minimum Gasteiger partial charge on any atom is -0.394 e. The lowest BCUT2D eigenvalue weighted by atomic mass is 10.1. The van der Waals surface area contributed by atoms with Crippen LogP contribution < -0.4 is 10.9 Å². The number of aliphatic hydroxyl groups excluding tert-OH is 2. The summed E-state index contributed by atoms with van der Waals surface area (Å²) in [5.74, 6) is -0.680. The number of anilines is 1. The number of carbonyl (C=O) groups is 1. The van der Waals surface area contributed by atoms with Crippen molar-refractivity contribution in [3.8, 4) is 0 Å². The van der Waals surface area contributed by atoms with Crippen molar-refractivity contribution in [2.75, 3.05) is 19.0 Å². The van der Waals surface area contributed by atoms with Crippen molar-refractivity contribution >= 4 is 23.0 Å². The van der Waals surface area contributed by atoms with Crippen LogP contribution >= 0.6 is 0 Å². The Hall–Kier alpha value is -2.38. The average molecular weight is 383 g/mol. The molecule has 27 heavy (non-hydrogen) atoms. The number of rotatable bonds is 6. The van der Waals surface area contributed by atoms with E-state index in [1.165, 1.54) is 18.0 Å². The summed E-state index contributed by atoms with van der Waals surface area (Å²) < 4.78 is 6.99. The number of amides is 1. The maximum absolute atomic E-state index is 12.3. The third-order valence-corrected chi connectivity index (χ3v) is 4.17. The molecule has 1 fully saturated rings. The fourth-order valence-electron chi connectivity index (χ4n) is 2.74. The monoisotopic (exact) mass is 383 g/mol. The van der Waals surface area contributed by atoms with Crippen molar-refractivity contribution < 1.29 is 29.5 Å². The molecule has 1 saturated heterocycles. The van der Waals surface area contributed by atoms with Crippen LogP contribution in [0, 0.1) is 5.92 Å². The van der Waals surface area contributed by atoms with E-state index in [1.807, 2.05) is 0 Å². The second-order valence-corrected chi connectivity index (χ2v) is 6.35. The van der Waals surface area contributed by atoms with Crippen LogP contribution in [0.1, 0.15) is 20.1 Å². The molecule has 2 aromatic rings. The van der Waals surface area contributed by atoms with Crippen LogP contribution in [-0.2, 0) is 19.3 Å². The van der Waals surface area contributed by atoms with Gasteiger partial charge in [-0.1, -0.05) is 13.8 Å². The number of hydrogen-bond acceptors (Lipinski definition) is 9. The van der Waals surface area contributed by atoms with Crippen LogP contribution in [0.15, 0.2) is 11.1 Å². The first-order valence-corrected chi connectivity index (χ1v) is 8.29. The molecule has 0 aliphatic carbocycles. The zero-order chi connectivity index (χ0) is 19.7. The molecule has 0 aromatic carbocycles. The van der Waals surface area contributed by atoms with Gasteiger partial charge in [0, 0.05) is 5.92 Å². The number of ether oxygens (including phenoxy) is 1. The van der Waals surface area contributed by atoms with E-state index in [0.29, 0.717) is 0 Å². The van der Waals surface area contributed by atoms with Gasteiger partial charge in [0.05, 0.1) is 20.0 Å². The average Bonchev–Trinajstić information content (AvgIpc) is 3.17. The summed E-state index contributed by atoms with van der Waals surface area (Å²) in [5.41, 5.74) is -0.434. The minimum atomic E-state index is -1.18. The summed E-state index contributed by atoms with van der Waals surface area (Å²) in [6.07, 6.45) is -2.77. The Labute approximate surface area is 153 Å². The van der Waals surface area contributed by atoms with Crippen LogP contribution in [0.3, 0.4) is 0 Å². The number of aromatic nitrogens is 4. The van der Waals surface area contributed by atoms with E-state index < -0.39 is 36.7 Å². The SMILES string of the molecule is COO[C@@H]1[C@@H](O)[C@@H](CO)O[C@H]1n1cnc2c(=O)[nH]c(NC(=O)C(C)C)nc21. The molecular weight excluding hydrogens is 362 g/mol. The Morgan fingerprint density at radius 2 is 2.26 bits per heavy atom. The van der Waals surface area contributed by atoms with Crippen LogP contribution in [0.2, 0.25) is 0 Å². The smallest absolute Gasteiger partial charge is 0.280 e. The van der Waals surface area contributed by atoms with Crippen molar-refractivity contribution in [1.29, 1.82) is 0 Å². The highest BCUT2D eigenvalue weighted by atomic mass is 17.2. The topological polar surface area (TPSA) is 161 Å². The van der Waals surface area contributed by atoms with E-state index in [-0.39, 0.29) is 28.9 Å². The summed E-state index contributed by atoms with van der Waals surface area (Å²) >= 11 is 0. The van der Waals surface area contributed by atoms with E-state index in [4.69, 9.17) is 9.62 Å². The minimum absolute atomic E-state index is 0.0132. The molecule has 4 atom stereocenters. The summed E-state index contributed by atoms with van der Waals surface area (Å²) in [6.45, 7) is 2.95. The van der Waals surface area contributed by atoms with Gasteiger partial charge in [-0.15, -0.1) is 0 Å². The predicted molar refractivity (Wildman–Crippen MR) is 90.5 cm³/mol. The largest absolute Gasteiger partial charge is 0.394 e. The summed E-state index contributed by atoms with van der Waals surface area (Å²) in [4.78, 5) is 44.6. The second kappa shape index (κ2) is 7.70. The second-order valence-electron chi connectivity index (χ2n) is 6.35. The van der Waals surface area contributed by atoms with Gasteiger partial charge < -0.3 is 14.9 Å². The molecule has 12 nitrogen and oxygen atoms in total. The maximum Gasteiger partial charge on any atom is 0.280 e. The van der Waals surface area contributed by atoms with Crippen molar-refractivity contribution in [1.82, 2.24) is 19.5 Å². The standard InChI is InChI=1S/C15H21N5O7/c1-6(2)12(23)18-15-17-11-8(13(24)19-15)16-5-20(11)14-10(27-25-3)9(22)7(4-21)26-14/h5-7,9-10,14,21-22H,4H2,1-3H3,(H2,17,18,19,23,24)/t7-,9+,10-,14-/m1/s1. The summed E-state index contributed by atoms with van der Waals surface area (Å²) in [6, 6.07) is 0. The quantitative estimate of drug-likeness (QED) is 0.359. The van der Waals surface area contributed by atoms with Gasteiger partial charge in [-0.3, -0.25) is 24.5 Å². The van der Waals surface area contributed by atoms with Gasteiger partial charge >= 0.3 is 0 Å². The molecular formula is C15H21N5O7. The molecule has 0 radical (unpaired) electrons. The number of fused-ring (bicyclic) bond motifs is 1. The lowest BCUT2D eigenvalue weighted by molar-refractivity contribution is -0.327. The van der Waals surface area contributed by atoms with Gasteiger partial charge in [-0.2, -0.15) is 4.98 Å². The Balaban J connectivity index is 2.02. The van der Waals surface area contributed by atoms with Crippen molar-refractivity contribution in [2.45, 2.75) is 38.4 Å². The number of carbonyl (C=O) groups excluding carboxylic acids is 1. The highest BCUT2D eigenvalue weighted by Crippen LogP contribution is 2.33. The Bertz CT molecular complexity index is 879. The van der Waals surface area contributed by atoms with Crippen LogP contribution in [0.25, 0.3) is 11.2 Å². The molecule has 148 valence electrons. The van der Waals surface area contributed by atoms with Crippen molar-refractivity contribution in [3.05, 3.63) is 16.7 Å². The van der Waals surface area contributed by atoms with Crippen LogP contribution in [0.5, 0.6) is 0 Å². The molecule has 1 aliphatic rings. The highest BCUT2D eigenvalue weighted by molar-refractivity contribution is 5.91. The molecule has 3 heterocycles. The normalized spacial score (nSPS) is 25.4. The number of nitrogens with one attached hydrogen (secondary N) is 2. The maximum atomic E-state index is 12.3. The van der Waals surface area contributed by atoms with Gasteiger partial charge in [0.2, 0.25) is 11.9 Å². The predicted octanol–water partition coefficient (Wildman–Crippen LogP) is -1.09. The fraction of sp³-hybridized carbons (Fsp3) is 0.600. The number of hydrogen-bond donors (Lipinski definition) is 4. The molecule has 4 N–H and O–H groups in total. The highest BCUT2D eigenvalue weighted by Gasteiger charge is 2.46. The lowest BCUT2D eigenvalue weighted by Crippen LogP contribution is -2.35. The third-order valence-electron chi connectivity index (χ3n) is 4.17. The number of H-pyrrole nitrogens is 1. The molecule has 0 saturated carbocycles. The third kappa shape index (κ3) is 3.57. The molecule has 0 spiro atoms. The number of aliphatic hydroxyl groups is 2. The van der Waals surface area contributed by atoms with Crippen LogP contribution in [0.4, 0.5) is 5.95 Å². The molecule has 1 amide bonds. The molecule has 3 rings (SSSR count). The lowest BCUT2D eigenvalue weighted by Gasteiger charge is -2.19. The van der Waals surface area contributed by atoms with Gasteiger partial charge in [0.25, 0.3) is 5.56 Å². The van der Waals surface area contributed by atoms with E-state index in [9.17, 15) is 19.8 Å². The number of aromatic amines is 1. The van der Waals surface area contributed by atoms with Gasteiger partial charge in [0.1, 0.15) is 12.2 Å². The van der Waals surface area contributed by atoms with E-state index in [0.717, 1.165) is 0 Å². The molecule has 0 unspecified atom stereocenters. The van der Waals surface area contributed by atoms with Gasteiger partial charge in [0.15, 0.2) is 23.5 Å². The number of nitrogens with zero attached hydrogens (tertiary/aromatic N) is 3. The van der Waals surface area contributed by atoms with Gasteiger partial charge in [-0.25, -0.2) is 14.8 Å². The Morgan fingerprint density at radius 1 is 1.52 bits per heavy atom. The zero-order valence-corrected chi connectivity index (χ0v) is 14.9. The molecule has 12 heteroatoms. The zero-order valence-electron chi connectivity index (χ0n) is 14.9. The first-order valence-electron chi connectivity index (χ1n) is 8.29. The van der Waals surface area contributed by atoms with Crippen LogP contribution in [-0.4, -0.2) is 67.7 Å². The number of imidazole rings is 1. The van der Waals surface area contributed by atoms with Crippen molar-refractivity contribution in [3.63, 3.8) is 0 Å². The van der Waals surface area contributed by atoms with E-state index in [1.54, 1.807) is 13.8 Å². The molecule has 2 aromatic heterocycles. The van der Waals surface area contributed by atoms with Crippen molar-refractivity contribution in [2.24, 2.45) is 5.92 Å². The van der Waals surface area contributed by atoms with E-state index in [2.05, 4.69) is 25.2 Å². The summed E-state index contributed by atoms with van der Waals surface area (Å²) in [7, 11) is 1.27. The molecule has 1 aliphatic heterocycles. The Morgan fingerprint density at radius 3 is 2.89 bits per heavy atom. The fourth-order valence-corrected chi connectivity index (χ4v) is 2.74.